The van der Waals surface area contributed by atoms with Gasteiger partial charge in [0.15, 0.2) is 0 Å². The van der Waals surface area contributed by atoms with E-state index < -0.39 is 5.60 Å². The minimum absolute atomic E-state index is 0.0593. The Bertz CT molecular complexity index is 333. The average molecular weight is 239 g/mol. The first kappa shape index (κ1) is 13.1. The first-order valence-corrected chi connectivity index (χ1v) is 6.13. The van der Waals surface area contributed by atoms with Gasteiger partial charge in [0.2, 0.25) is 5.91 Å². The quantitative estimate of drug-likeness (QED) is 0.768. The van der Waals surface area contributed by atoms with Crippen molar-refractivity contribution in [1.29, 1.82) is 0 Å². The van der Waals surface area contributed by atoms with Crippen LogP contribution in [0.3, 0.4) is 0 Å². The molecule has 0 unspecified atom stereocenters. The Morgan fingerprint density at radius 3 is 2.56 bits per heavy atom. The molecule has 1 rings (SSSR count). The van der Waals surface area contributed by atoms with Crippen molar-refractivity contribution < 1.29 is 9.90 Å². The molecule has 0 bridgehead atoms. The molecule has 0 fully saturated rings. The van der Waals surface area contributed by atoms with Gasteiger partial charge < -0.3 is 10.4 Å². The maximum absolute atomic E-state index is 11.4. The fourth-order valence-electron chi connectivity index (χ4n) is 1.03. The van der Waals surface area contributed by atoms with E-state index in [0.717, 1.165) is 4.90 Å². The summed E-state index contributed by atoms with van der Waals surface area (Å²) in [5.74, 6) is 0.316. The smallest absolute Gasteiger partial charge is 0.230 e. The number of hydrogen-bond acceptors (Lipinski definition) is 3. The third-order valence-corrected chi connectivity index (χ3v) is 2.84. The molecule has 4 heteroatoms. The SMILES string of the molecule is CC(C)(O)CNC(=O)CSc1ccccc1. The van der Waals surface area contributed by atoms with Crippen LogP contribution in [0.2, 0.25) is 0 Å². The summed E-state index contributed by atoms with van der Waals surface area (Å²) in [4.78, 5) is 12.5. The number of aliphatic hydroxyl groups is 1. The summed E-state index contributed by atoms with van der Waals surface area (Å²) in [7, 11) is 0. The van der Waals surface area contributed by atoms with E-state index >= 15 is 0 Å². The highest BCUT2D eigenvalue weighted by atomic mass is 32.2. The minimum atomic E-state index is -0.854. The Labute approximate surface area is 100 Å². The van der Waals surface area contributed by atoms with Crippen LogP contribution in [-0.4, -0.2) is 28.9 Å². The molecule has 88 valence electrons. The van der Waals surface area contributed by atoms with Crippen molar-refractivity contribution in [1.82, 2.24) is 5.32 Å². The second-order valence-electron chi connectivity index (χ2n) is 4.19. The molecule has 0 radical (unpaired) electrons. The second kappa shape index (κ2) is 5.92. The fourth-order valence-corrected chi connectivity index (χ4v) is 1.78. The van der Waals surface area contributed by atoms with Gasteiger partial charge >= 0.3 is 0 Å². The summed E-state index contributed by atoms with van der Waals surface area (Å²) in [6.45, 7) is 3.61. The predicted octanol–water partition coefficient (Wildman–Crippen LogP) is 1.67. The molecule has 3 nitrogen and oxygen atoms in total. The van der Waals surface area contributed by atoms with E-state index in [0.29, 0.717) is 5.75 Å². The summed E-state index contributed by atoms with van der Waals surface area (Å²) in [6, 6.07) is 9.76. The summed E-state index contributed by atoms with van der Waals surface area (Å²) in [5, 5.41) is 12.1. The van der Waals surface area contributed by atoms with Crippen molar-refractivity contribution in [3.05, 3.63) is 30.3 Å². The molecule has 0 aliphatic heterocycles. The van der Waals surface area contributed by atoms with Gasteiger partial charge in [0.1, 0.15) is 0 Å². The maximum atomic E-state index is 11.4. The van der Waals surface area contributed by atoms with Crippen molar-refractivity contribution in [3.8, 4) is 0 Å². The molecule has 0 aliphatic carbocycles. The third kappa shape index (κ3) is 5.78. The molecule has 0 atom stereocenters. The van der Waals surface area contributed by atoms with Gasteiger partial charge in [0.05, 0.1) is 11.4 Å². The van der Waals surface area contributed by atoms with Crippen molar-refractivity contribution in [2.45, 2.75) is 24.3 Å². The molecule has 1 amide bonds. The van der Waals surface area contributed by atoms with Crippen LogP contribution in [0.15, 0.2) is 35.2 Å². The summed E-state index contributed by atoms with van der Waals surface area (Å²) in [5.41, 5.74) is -0.854. The number of rotatable bonds is 5. The van der Waals surface area contributed by atoms with E-state index in [1.807, 2.05) is 30.3 Å². The van der Waals surface area contributed by atoms with Crippen molar-refractivity contribution in [2.24, 2.45) is 0 Å². The number of thioether (sulfide) groups is 1. The highest BCUT2D eigenvalue weighted by molar-refractivity contribution is 8.00. The molecule has 0 saturated carbocycles. The van der Waals surface area contributed by atoms with E-state index in [9.17, 15) is 9.90 Å². The van der Waals surface area contributed by atoms with E-state index in [4.69, 9.17) is 0 Å². The topological polar surface area (TPSA) is 49.3 Å². The summed E-state index contributed by atoms with van der Waals surface area (Å²) >= 11 is 1.49. The lowest BCUT2D eigenvalue weighted by Crippen LogP contribution is -2.38. The Morgan fingerprint density at radius 2 is 2.00 bits per heavy atom. The van der Waals surface area contributed by atoms with Crippen molar-refractivity contribution >= 4 is 17.7 Å². The highest BCUT2D eigenvalue weighted by Crippen LogP contribution is 2.16. The lowest BCUT2D eigenvalue weighted by Gasteiger charge is -2.17. The molecule has 16 heavy (non-hydrogen) atoms. The van der Waals surface area contributed by atoms with Crippen LogP contribution in [0.4, 0.5) is 0 Å². The van der Waals surface area contributed by atoms with Crippen LogP contribution in [0, 0.1) is 0 Å². The van der Waals surface area contributed by atoms with Crippen LogP contribution in [0.5, 0.6) is 0 Å². The van der Waals surface area contributed by atoms with Gasteiger partial charge in [-0.2, -0.15) is 0 Å². The van der Waals surface area contributed by atoms with Crippen LogP contribution < -0.4 is 5.32 Å². The van der Waals surface area contributed by atoms with Gasteiger partial charge in [0, 0.05) is 11.4 Å². The number of amides is 1. The van der Waals surface area contributed by atoms with Gasteiger partial charge in [-0.15, -0.1) is 11.8 Å². The van der Waals surface area contributed by atoms with Gasteiger partial charge in [0.25, 0.3) is 0 Å². The van der Waals surface area contributed by atoms with Gasteiger partial charge in [-0.25, -0.2) is 0 Å². The molecule has 0 aliphatic rings. The zero-order chi connectivity index (χ0) is 12.0. The highest BCUT2D eigenvalue weighted by Gasteiger charge is 2.13. The minimum Gasteiger partial charge on any atom is -0.389 e. The normalized spacial score (nSPS) is 11.2. The molecule has 0 spiro atoms. The fraction of sp³-hybridized carbons (Fsp3) is 0.417. The molecular weight excluding hydrogens is 222 g/mol. The monoisotopic (exact) mass is 239 g/mol. The van der Waals surface area contributed by atoms with Crippen molar-refractivity contribution in [2.75, 3.05) is 12.3 Å². The first-order chi connectivity index (χ1) is 7.47. The second-order valence-corrected chi connectivity index (χ2v) is 5.24. The van der Waals surface area contributed by atoms with Gasteiger partial charge in [-0.1, -0.05) is 18.2 Å². The van der Waals surface area contributed by atoms with Gasteiger partial charge in [-0.3, -0.25) is 4.79 Å². The van der Waals surface area contributed by atoms with Crippen molar-refractivity contribution in [3.63, 3.8) is 0 Å². The number of carbonyl (C=O) groups excluding carboxylic acids is 1. The molecule has 0 saturated heterocycles. The number of benzene rings is 1. The largest absolute Gasteiger partial charge is 0.389 e. The summed E-state index contributed by atoms with van der Waals surface area (Å²) < 4.78 is 0. The average Bonchev–Trinajstić information content (AvgIpc) is 2.24. The van der Waals surface area contributed by atoms with Crippen LogP contribution >= 0.6 is 11.8 Å². The lowest BCUT2D eigenvalue weighted by molar-refractivity contribution is -0.119. The van der Waals surface area contributed by atoms with Crippen LogP contribution in [0.25, 0.3) is 0 Å². The summed E-state index contributed by atoms with van der Waals surface area (Å²) in [6.07, 6.45) is 0. The number of carbonyl (C=O) groups is 1. The third-order valence-electron chi connectivity index (χ3n) is 1.83. The van der Waals surface area contributed by atoms with Crippen LogP contribution in [-0.2, 0) is 4.79 Å². The van der Waals surface area contributed by atoms with E-state index in [1.165, 1.54) is 11.8 Å². The Balaban J connectivity index is 2.26. The molecule has 2 N–H and O–H groups in total. The number of hydrogen-bond donors (Lipinski definition) is 2. The Kier molecular flexibility index (Phi) is 4.83. The standard InChI is InChI=1S/C12H17NO2S/c1-12(2,15)9-13-11(14)8-16-10-6-4-3-5-7-10/h3-7,15H,8-9H2,1-2H3,(H,13,14). The molecule has 1 aromatic carbocycles. The van der Waals surface area contributed by atoms with E-state index in [2.05, 4.69) is 5.32 Å². The molecule has 1 aromatic rings. The molecule has 0 heterocycles. The van der Waals surface area contributed by atoms with E-state index in [1.54, 1.807) is 13.8 Å². The number of nitrogens with one attached hydrogen (secondary N) is 1. The molecular formula is C12H17NO2S. The zero-order valence-corrected chi connectivity index (χ0v) is 10.4. The predicted molar refractivity (Wildman–Crippen MR) is 66.5 cm³/mol. The maximum Gasteiger partial charge on any atom is 0.230 e. The van der Waals surface area contributed by atoms with Crippen LogP contribution in [0.1, 0.15) is 13.8 Å². The van der Waals surface area contributed by atoms with E-state index in [-0.39, 0.29) is 12.5 Å². The van der Waals surface area contributed by atoms with Gasteiger partial charge in [-0.05, 0) is 26.0 Å². The molecule has 0 aromatic heterocycles. The first-order valence-electron chi connectivity index (χ1n) is 5.14. The Hall–Kier alpha value is -1.00. The lowest BCUT2D eigenvalue weighted by atomic mass is 10.1. The Morgan fingerprint density at radius 1 is 1.38 bits per heavy atom. The zero-order valence-electron chi connectivity index (χ0n) is 9.56.